The van der Waals surface area contributed by atoms with Crippen molar-refractivity contribution < 1.29 is 8.42 Å². The van der Waals surface area contributed by atoms with E-state index in [9.17, 15) is 8.42 Å². The van der Waals surface area contributed by atoms with E-state index in [1.165, 1.54) is 6.33 Å². The molecule has 1 aromatic rings. The Hall–Kier alpha value is -0.620. The molecule has 0 radical (unpaired) electrons. The molecular formula is C7H10ClN3O2S. The van der Waals surface area contributed by atoms with E-state index in [2.05, 4.69) is 10.2 Å². The highest BCUT2D eigenvalue weighted by Gasteiger charge is 2.31. The summed E-state index contributed by atoms with van der Waals surface area (Å²) in [6, 6.07) is 0. The molecule has 0 saturated carbocycles. The quantitative estimate of drug-likeness (QED) is 0.749. The number of rotatable bonds is 2. The standard InChI is InChI=1S/C7H10ClN3O2S/c8-7-10-9-5-11(7)4-6-2-1-3-14(6,12)13/h5-6H,1-4H2. The predicted molar refractivity (Wildman–Crippen MR) is 51.8 cm³/mol. The van der Waals surface area contributed by atoms with E-state index >= 15 is 0 Å². The van der Waals surface area contributed by atoms with Gasteiger partial charge in [-0.05, 0) is 24.4 Å². The zero-order valence-electron chi connectivity index (χ0n) is 7.43. The van der Waals surface area contributed by atoms with Crippen molar-refractivity contribution in [3.05, 3.63) is 11.6 Å². The van der Waals surface area contributed by atoms with Crippen molar-refractivity contribution >= 4 is 21.4 Å². The topological polar surface area (TPSA) is 64.8 Å². The lowest BCUT2D eigenvalue weighted by Crippen LogP contribution is -2.21. The van der Waals surface area contributed by atoms with Crippen molar-refractivity contribution in [2.24, 2.45) is 0 Å². The largest absolute Gasteiger partial charge is 0.303 e. The Morgan fingerprint density at radius 3 is 2.93 bits per heavy atom. The SMILES string of the molecule is O=S1(=O)CCCC1Cn1cnnc1Cl. The molecule has 14 heavy (non-hydrogen) atoms. The van der Waals surface area contributed by atoms with Crippen LogP contribution < -0.4 is 0 Å². The zero-order valence-corrected chi connectivity index (χ0v) is 9.00. The van der Waals surface area contributed by atoms with Crippen molar-refractivity contribution in [2.75, 3.05) is 5.75 Å². The smallest absolute Gasteiger partial charge is 0.224 e. The van der Waals surface area contributed by atoms with Gasteiger partial charge in [-0.2, -0.15) is 0 Å². The molecule has 1 saturated heterocycles. The fourth-order valence-corrected chi connectivity index (χ4v) is 3.62. The first-order valence-corrected chi connectivity index (χ1v) is 6.44. The van der Waals surface area contributed by atoms with Crippen molar-refractivity contribution in [2.45, 2.75) is 24.6 Å². The second-order valence-electron chi connectivity index (χ2n) is 3.38. The summed E-state index contributed by atoms with van der Waals surface area (Å²) in [6.07, 6.45) is 2.90. The second-order valence-corrected chi connectivity index (χ2v) is 6.12. The van der Waals surface area contributed by atoms with Crippen LogP contribution in [0.3, 0.4) is 0 Å². The van der Waals surface area contributed by atoms with E-state index in [0.29, 0.717) is 13.0 Å². The maximum absolute atomic E-state index is 11.5. The molecule has 1 atom stereocenters. The van der Waals surface area contributed by atoms with Crippen LogP contribution in [0.4, 0.5) is 0 Å². The molecule has 1 unspecified atom stereocenters. The van der Waals surface area contributed by atoms with Crippen molar-refractivity contribution in [3.63, 3.8) is 0 Å². The minimum atomic E-state index is -2.91. The molecule has 78 valence electrons. The van der Waals surface area contributed by atoms with Gasteiger partial charge >= 0.3 is 0 Å². The maximum Gasteiger partial charge on any atom is 0.224 e. The van der Waals surface area contributed by atoms with Gasteiger partial charge in [0.25, 0.3) is 0 Å². The van der Waals surface area contributed by atoms with E-state index in [4.69, 9.17) is 11.6 Å². The van der Waals surface area contributed by atoms with E-state index in [1.807, 2.05) is 0 Å². The average Bonchev–Trinajstić information content (AvgIpc) is 2.62. The molecule has 0 aromatic carbocycles. The molecule has 7 heteroatoms. The lowest BCUT2D eigenvalue weighted by atomic mass is 10.2. The molecule has 0 bridgehead atoms. The number of halogens is 1. The van der Waals surface area contributed by atoms with Crippen molar-refractivity contribution in [3.8, 4) is 0 Å². The molecule has 1 aromatic heterocycles. The van der Waals surface area contributed by atoms with Gasteiger partial charge in [-0.25, -0.2) is 8.42 Å². The summed E-state index contributed by atoms with van der Waals surface area (Å²) in [5.41, 5.74) is 0. The molecule has 2 heterocycles. The third-order valence-corrected chi connectivity index (χ3v) is 4.98. The summed E-state index contributed by atoms with van der Waals surface area (Å²) in [6.45, 7) is 0.369. The average molecular weight is 236 g/mol. The molecule has 0 spiro atoms. The highest BCUT2D eigenvalue weighted by atomic mass is 35.5. The minimum Gasteiger partial charge on any atom is -0.303 e. The Morgan fingerprint density at radius 1 is 1.64 bits per heavy atom. The van der Waals surface area contributed by atoms with Crippen LogP contribution in [-0.2, 0) is 16.4 Å². The summed E-state index contributed by atoms with van der Waals surface area (Å²) < 4.78 is 24.6. The molecule has 1 fully saturated rings. The monoisotopic (exact) mass is 235 g/mol. The molecule has 0 aliphatic carbocycles. The Bertz CT molecular complexity index is 428. The molecule has 0 N–H and O–H groups in total. The number of aromatic nitrogens is 3. The molecular weight excluding hydrogens is 226 g/mol. The third-order valence-electron chi connectivity index (χ3n) is 2.43. The molecule has 1 aliphatic heterocycles. The van der Waals surface area contributed by atoms with Crippen LogP contribution in [0.1, 0.15) is 12.8 Å². The summed E-state index contributed by atoms with van der Waals surface area (Å²) in [5.74, 6) is 0.289. The van der Waals surface area contributed by atoms with Crippen LogP contribution in [0.15, 0.2) is 6.33 Å². The fraction of sp³-hybridized carbons (Fsp3) is 0.714. The van der Waals surface area contributed by atoms with Gasteiger partial charge in [0.2, 0.25) is 5.28 Å². The van der Waals surface area contributed by atoms with Crippen LogP contribution in [0.2, 0.25) is 5.28 Å². The van der Waals surface area contributed by atoms with Gasteiger partial charge in [-0.3, -0.25) is 0 Å². The van der Waals surface area contributed by atoms with Crippen LogP contribution in [0.5, 0.6) is 0 Å². The highest BCUT2D eigenvalue weighted by Crippen LogP contribution is 2.22. The third kappa shape index (κ3) is 1.76. The second kappa shape index (κ2) is 3.51. The first kappa shape index (κ1) is 9.92. The van der Waals surface area contributed by atoms with E-state index in [0.717, 1.165) is 6.42 Å². The van der Waals surface area contributed by atoms with Gasteiger partial charge in [0.1, 0.15) is 6.33 Å². The van der Waals surface area contributed by atoms with Gasteiger partial charge in [0.15, 0.2) is 9.84 Å². The Morgan fingerprint density at radius 2 is 2.43 bits per heavy atom. The fourth-order valence-electron chi connectivity index (χ4n) is 1.65. The Labute approximate surface area is 87.0 Å². The number of sulfone groups is 1. The number of hydrogen-bond donors (Lipinski definition) is 0. The summed E-state index contributed by atoms with van der Waals surface area (Å²) in [4.78, 5) is 0. The highest BCUT2D eigenvalue weighted by molar-refractivity contribution is 7.92. The predicted octanol–water partition coefficient (Wildman–Crippen LogP) is 0.509. The molecule has 1 aliphatic rings. The first-order valence-electron chi connectivity index (χ1n) is 4.34. The minimum absolute atomic E-state index is 0.243. The normalized spacial score (nSPS) is 25.4. The van der Waals surface area contributed by atoms with Crippen LogP contribution >= 0.6 is 11.6 Å². The van der Waals surface area contributed by atoms with E-state index in [-0.39, 0.29) is 16.3 Å². The zero-order chi connectivity index (χ0) is 10.2. The summed E-state index contributed by atoms with van der Waals surface area (Å²) >= 11 is 5.71. The lowest BCUT2D eigenvalue weighted by Gasteiger charge is -2.09. The van der Waals surface area contributed by atoms with Crippen LogP contribution in [0.25, 0.3) is 0 Å². The van der Waals surface area contributed by atoms with Crippen LogP contribution in [-0.4, -0.2) is 34.2 Å². The number of hydrogen-bond acceptors (Lipinski definition) is 4. The molecule has 2 rings (SSSR count). The summed E-state index contributed by atoms with van der Waals surface area (Å²) in [7, 11) is -2.91. The van der Waals surface area contributed by atoms with Crippen LogP contribution in [0, 0.1) is 0 Å². The van der Waals surface area contributed by atoms with Gasteiger partial charge in [-0.15, -0.1) is 10.2 Å². The number of nitrogens with zero attached hydrogens (tertiary/aromatic N) is 3. The van der Waals surface area contributed by atoms with Gasteiger partial charge < -0.3 is 4.57 Å². The van der Waals surface area contributed by atoms with Crippen molar-refractivity contribution in [1.82, 2.24) is 14.8 Å². The first-order chi connectivity index (χ1) is 6.59. The van der Waals surface area contributed by atoms with E-state index in [1.54, 1.807) is 4.57 Å². The van der Waals surface area contributed by atoms with Crippen molar-refractivity contribution in [1.29, 1.82) is 0 Å². The van der Waals surface area contributed by atoms with E-state index < -0.39 is 9.84 Å². The van der Waals surface area contributed by atoms with Gasteiger partial charge in [0, 0.05) is 6.54 Å². The Balaban J connectivity index is 2.16. The van der Waals surface area contributed by atoms with Gasteiger partial charge in [0.05, 0.1) is 11.0 Å². The van der Waals surface area contributed by atoms with Gasteiger partial charge in [-0.1, -0.05) is 0 Å². The molecule has 0 amide bonds. The Kier molecular flexibility index (Phi) is 2.48. The molecule has 5 nitrogen and oxygen atoms in total. The maximum atomic E-state index is 11.5. The lowest BCUT2D eigenvalue weighted by molar-refractivity contribution is 0.565. The summed E-state index contributed by atoms with van der Waals surface area (Å²) in [5, 5.41) is 7.11.